The van der Waals surface area contributed by atoms with Gasteiger partial charge in [0.1, 0.15) is 11.5 Å². The number of carbonyl (C=O) groups is 1. The maximum Gasteiger partial charge on any atom is 0.276 e. The van der Waals surface area contributed by atoms with E-state index >= 15 is 0 Å². The number of benzene rings is 1. The number of amides is 1. The van der Waals surface area contributed by atoms with Gasteiger partial charge in [-0.05, 0) is 42.5 Å². The summed E-state index contributed by atoms with van der Waals surface area (Å²) in [6.07, 6.45) is 7.28. The molecule has 1 amide bonds. The van der Waals surface area contributed by atoms with Crippen LogP contribution in [-0.2, 0) is 12.8 Å². The Balaban J connectivity index is 1.51. The van der Waals surface area contributed by atoms with Crippen molar-refractivity contribution in [3.05, 3.63) is 52.9 Å². The summed E-state index contributed by atoms with van der Waals surface area (Å²) in [5.74, 6) is 1.70. The summed E-state index contributed by atoms with van der Waals surface area (Å²) >= 11 is 0. The number of hydrogen-bond donors (Lipinski definition) is 0. The Morgan fingerprint density at radius 1 is 1.24 bits per heavy atom. The maximum absolute atomic E-state index is 12.9. The fourth-order valence-corrected chi connectivity index (χ4v) is 3.62. The lowest BCUT2D eigenvalue weighted by Crippen LogP contribution is -2.30. The van der Waals surface area contributed by atoms with Gasteiger partial charge in [-0.2, -0.15) is 0 Å². The van der Waals surface area contributed by atoms with Crippen molar-refractivity contribution in [2.24, 2.45) is 0 Å². The van der Waals surface area contributed by atoms with Crippen LogP contribution in [0.15, 0.2) is 34.9 Å². The van der Waals surface area contributed by atoms with Gasteiger partial charge in [0.05, 0.1) is 7.11 Å². The van der Waals surface area contributed by atoms with Crippen LogP contribution in [0.25, 0.3) is 5.57 Å². The van der Waals surface area contributed by atoms with E-state index in [1.165, 1.54) is 6.42 Å². The van der Waals surface area contributed by atoms with Crippen molar-refractivity contribution in [1.29, 1.82) is 0 Å². The summed E-state index contributed by atoms with van der Waals surface area (Å²) in [4.78, 5) is 14.8. The highest BCUT2D eigenvalue weighted by atomic mass is 16.5. The zero-order valence-electron chi connectivity index (χ0n) is 14.5. The fraction of sp³-hybridized carbons (Fsp3) is 0.400. The molecule has 1 aromatic heterocycles. The van der Waals surface area contributed by atoms with Crippen LogP contribution < -0.4 is 4.74 Å². The van der Waals surface area contributed by atoms with E-state index in [-0.39, 0.29) is 5.91 Å². The van der Waals surface area contributed by atoms with E-state index in [0.29, 0.717) is 18.8 Å². The highest BCUT2D eigenvalue weighted by Gasteiger charge is 2.29. The van der Waals surface area contributed by atoms with Crippen LogP contribution in [0.4, 0.5) is 0 Å². The molecule has 4 rings (SSSR count). The molecule has 130 valence electrons. The second-order valence-electron chi connectivity index (χ2n) is 6.64. The molecule has 5 heteroatoms. The molecular weight excluding hydrogens is 316 g/mol. The standard InChI is InChI=1S/C20H22N2O3/c1-24-16-7-5-6-14(12-16)15-10-11-22(13-15)20(23)19-17-8-3-2-4-9-18(17)25-21-19/h5-7,10,12H,2-4,8-9,11,13H2,1H3. The summed E-state index contributed by atoms with van der Waals surface area (Å²) in [5.41, 5.74) is 3.77. The number of methoxy groups -OCH3 is 1. The van der Waals surface area contributed by atoms with Gasteiger partial charge in [-0.3, -0.25) is 4.79 Å². The predicted octanol–water partition coefficient (Wildman–Crippen LogP) is 3.49. The zero-order valence-corrected chi connectivity index (χ0v) is 14.5. The Morgan fingerprint density at radius 3 is 3.00 bits per heavy atom. The molecule has 2 aliphatic rings. The third-order valence-electron chi connectivity index (χ3n) is 5.05. The molecule has 0 saturated carbocycles. The van der Waals surface area contributed by atoms with Crippen LogP contribution in [0.5, 0.6) is 5.75 Å². The molecule has 1 aromatic carbocycles. The molecule has 25 heavy (non-hydrogen) atoms. The summed E-state index contributed by atoms with van der Waals surface area (Å²) in [7, 11) is 1.66. The van der Waals surface area contributed by atoms with Crippen LogP contribution >= 0.6 is 0 Å². The highest BCUT2D eigenvalue weighted by molar-refractivity contribution is 5.95. The summed E-state index contributed by atoms with van der Waals surface area (Å²) < 4.78 is 10.8. The van der Waals surface area contributed by atoms with Crippen molar-refractivity contribution in [3.63, 3.8) is 0 Å². The molecule has 0 fully saturated rings. The Hall–Kier alpha value is -2.56. The van der Waals surface area contributed by atoms with Gasteiger partial charge in [0.2, 0.25) is 0 Å². The lowest BCUT2D eigenvalue weighted by Gasteiger charge is -2.16. The number of fused-ring (bicyclic) bond motifs is 1. The lowest BCUT2D eigenvalue weighted by molar-refractivity contribution is 0.0790. The number of carbonyl (C=O) groups excluding carboxylic acids is 1. The van der Waals surface area contributed by atoms with Crippen LogP contribution in [0.1, 0.15) is 46.6 Å². The van der Waals surface area contributed by atoms with E-state index in [2.05, 4.69) is 11.2 Å². The largest absolute Gasteiger partial charge is 0.497 e. The van der Waals surface area contributed by atoms with Gasteiger partial charge in [0, 0.05) is 25.1 Å². The van der Waals surface area contributed by atoms with Crippen molar-refractivity contribution in [3.8, 4) is 5.75 Å². The van der Waals surface area contributed by atoms with E-state index < -0.39 is 0 Å². The molecule has 0 atom stereocenters. The Labute approximate surface area is 147 Å². The minimum absolute atomic E-state index is 0.0268. The first kappa shape index (κ1) is 15.9. The molecule has 0 unspecified atom stereocenters. The zero-order chi connectivity index (χ0) is 17.2. The Morgan fingerprint density at radius 2 is 2.12 bits per heavy atom. The normalized spacial score (nSPS) is 17.0. The van der Waals surface area contributed by atoms with Crippen molar-refractivity contribution in [2.45, 2.75) is 32.1 Å². The van der Waals surface area contributed by atoms with Gasteiger partial charge in [-0.15, -0.1) is 0 Å². The molecule has 2 heterocycles. The van der Waals surface area contributed by atoms with Gasteiger partial charge in [-0.25, -0.2) is 0 Å². The van der Waals surface area contributed by atoms with Crippen LogP contribution in [0.2, 0.25) is 0 Å². The first-order valence-electron chi connectivity index (χ1n) is 8.86. The Kier molecular flexibility index (Phi) is 4.30. The molecule has 1 aliphatic heterocycles. The average molecular weight is 338 g/mol. The van der Waals surface area contributed by atoms with Crippen molar-refractivity contribution in [2.75, 3.05) is 20.2 Å². The fourth-order valence-electron chi connectivity index (χ4n) is 3.62. The molecule has 0 N–H and O–H groups in total. The van der Waals surface area contributed by atoms with Gasteiger partial charge in [0.25, 0.3) is 5.91 Å². The number of ether oxygens (including phenoxy) is 1. The Bertz CT molecular complexity index is 822. The summed E-state index contributed by atoms with van der Waals surface area (Å²) in [6, 6.07) is 7.94. The maximum atomic E-state index is 12.9. The third kappa shape index (κ3) is 3.06. The second-order valence-corrected chi connectivity index (χ2v) is 6.64. The number of hydrogen-bond acceptors (Lipinski definition) is 4. The van der Waals surface area contributed by atoms with E-state index in [0.717, 1.165) is 53.9 Å². The quantitative estimate of drug-likeness (QED) is 0.804. The molecule has 2 aromatic rings. The topological polar surface area (TPSA) is 55.6 Å². The number of rotatable bonds is 3. The summed E-state index contributed by atoms with van der Waals surface area (Å²) in [5, 5.41) is 4.10. The molecule has 0 saturated heterocycles. The monoisotopic (exact) mass is 338 g/mol. The first-order valence-corrected chi connectivity index (χ1v) is 8.86. The van der Waals surface area contributed by atoms with Gasteiger partial charge in [-0.1, -0.05) is 29.8 Å². The number of aryl methyl sites for hydroxylation is 1. The van der Waals surface area contributed by atoms with E-state index in [1.54, 1.807) is 7.11 Å². The third-order valence-corrected chi connectivity index (χ3v) is 5.05. The minimum Gasteiger partial charge on any atom is -0.497 e. The van der Waals surface area contributed by atoms with Gasteiger partial charge in [0.15, 0.2) is 5.69 Å². The molecular formula is C20H22N2O3. The minimum atomic E-state index is -0.0268. The van der Waals surface area contributed by atoms with Crippen molar-refractivity contribution >= 4 is 11.5 Å². The number of aromatic nitrogens is 1. The molecule has 0 bridgehead atoms. The van der Waals surface area contributed by atoms with Crippen LogP contribution in [0, 0.1) is 0 Å². The van der Waals surface area contributed by atoms with Crippen molar-refractivity contribution in [1.82, 2.24) is 10.1 Å². The van der Waals surface area contributed by atoms with Crippen molar-refractivity contribution < 1.29 is 14.1 Å². The smallest absolute Gasteiger partial charge is 0.276 e. The van der Waals surface area contributed by atoms with E-state index in [1.807, 2.05) is 29.2 Å². The lowest BCUT2D eigenvalue weighted by atomic mass is 10.1. The van der Waals surface area contributed by atoms with Crippen LogP contribution in [-0.4, -0.2) is 36.2 Å². The van der Waals surface area contributed by atoms with Gasteiger partial charge < -0.3 is 14.2 Å². The average Bonchev–Trinajstić information content (AvgIpc) is 3.23. The van der Waals surface area contributed by atoms with E-state index in [9.17, 15) is 4.79 Å². The molecule has 0 spiro atoms. The van der Waals surface area contributed by atoms with Gasteiger partial charge >= 0.3 is 0 Å². The van der Waals surface area contributed by atoms with E-state index in [4.69, 9.17) is 9.26 Å². The highest BCUT2D eigenvalue weighted by Crippen LogP contribution is 2.28. The molecule has 1 aliphatic carbocycles. The van der Waals surface area contributed by atoms with Crippen LogP contribution in [0.3, 0.4) is 0 Å². The SMILES string of the molecule is COc1cccc(C2=CCN(C(=O)c3noc4c3CCCCC4)C2)c1. The number of nitrogens with zero attached hydrogens (tertiary/aromatic N) is 2. The first-order chi connectivity index (χ1) is 12.3. The molecule has 0 radical (unpaired) electrons. The summed E-state index contributed by atoms with van der Waals surface area (Å²) in [6.45, 7) is 1.20. The predicted molar refractivity (Wildman–Crippen MR) is 94.6 cm³/mol. The second kappa shape index (κ2) is 6.75. The molecule has 5 nitrogen and oxygen atoms in total.